The van der Waals surface area contributed by atoms with Crippen molar-refractivity contribution >= 4 is 52.4 Å². The van der Waals surface area contributed by atoms with E-state index in [4.69, 9.17) is 10.2 Å². The van der Waals surface area contributed by atoms with Gasteiger partial charge in [0, 0.05) is 28.9 Å². The van der Waals surface area contributed by atoms with E-state index in [1.807, 2.05) is 22.6 Å². The lowest BCUT2D eigenvalue weighted by Crippen LogP contribution is -2.51. The number of pyridine rings is 1. The summed E-state index contributed by atoms with van der Waals surface area (Å²) < 4.78 is 0.812. The molecule has 0 saturated heterocycles. The van der Waals surface area contributed by atoms with Crippen molar-refractivity contribution < 1.29 is 39.3 Å². The number of halogens is 1. The summed E-state index contributed by atoms with van der Waals surface area (Å²) in [5.41, 5.74) is 0.407. The smallest absolute Gasteiger partial charge is 0.326 e. The number of nitrogens with zero attached hydrogens (tertiary/aromatic N) is 1. The van der Waals surface area contributed by atoms with Crippen molar-refractivity contribution in [3.63, 3.8) is 0 Å². The zero-order valence-corrected chi connectivity index (χ0v) is 18.5. The van der Waals surface area contributed by atoms with E-state index in [0.717, 1.165) is 3.57 Å². The number of amides is 3. The van der Waals surface area contributed by atoms with Crippen molar-refractivity contribution in [2.45, 2.75) is 44.2 Å². The average molecular weight is 550 g/mol. The number of hydrogen-bond acceptors (Lipinski definition) is 6. The third-order valence-electron chi connectivity index (χ3n) is 4.03. The Morgan fingerprint density at radius 2 is 1.55 bits per heavy atom. The van der Waals surface area contributed by atoms with Gasteiger partial charge in [-0.2, -0.15) is 0 Å². The van der Waals surface area contributed by atoms with Gasteiger partial charge in [-0.05, 0) is 54.3 Å². The van der Waals surface area contributed by atoms with E-state index in [2.05, 4.69) is 20.9 Å². The van der Waals surface area contributed by atoms with Gasteiger partial charge in [0.15, 0.2) is 0 Å². The molecular weight excluding hydrogens is 527 g/mol. The molecule has 6 N–H and O–H groups in total. The van der Waals surface area contributed by atoms with Crippen LogP contribution in [0.5, 0.6) is 0 Å². The molecule has 1 aromatic heterocycles. The maximum Gasteiger partial charge on any atom is 0.326 e. The molecule has 0 aliphatic rings. The Morgan fingerprint density at radius 1 is 0.935 bits per heavy atom. The van der Waals surface area contributed by atoms with Crippen LogP contribution in [-0.2, 0) is 14.4 Å². The van der Waals surface area contributed by atoms with Crippen LogP contribution in [0.1, 0.15) is 42.5 Å². The molecule has 31 heavy (non-hydrogen) atoms. The minimum atomic E-state index is -1.46. The molecule has 12 nitrogen and oxygen atoms in total. The van der Waals surface area contributed by atoms with E-state index < -0.39 is 42.4 Å². The van der Waals surface area contributed by atoms with E-state index >= 15 is 0 Å². The fourth-order valence-corrected chi connectivity index (χ4v) is 2.95. The number of rotatable bonds is 13. The minimum Gasteiger partial charge on any atom is -0.481 e. The summed E-state index contributed by atoms with van der Waals surface area (Å²) in [4.78, 5) is 60.8. The molecule has 3 amide bonds. The molecule has 0 saturated carbocycles. The molecule has 0 spiro atoms. The second-order valence-corrected chi connectivity index (χ2v) is 7.72. The Hall–Kier alpha value is -2.97. The summed E-state index contributed by atoms with van der Waals surface area (Å²) in [6.07, 6.45) is 3.10. The number of hydrogen-bond donors (Lipinski definition) is 6. The SMILES string of the molecule is O=C(O)CC[C@H](NC(=O)N[C@@H](CCCCNC(=O)c1cncc(I)c1)C(=O)O)C(=O)O. The Labute approximate surface area is 190 Å². The monoisotopic (exact) mass is 550 g/mol. The van der Waals surface area contributed by atoms with Crippen LogP contribution in [0.4, 0.5) is 4.79 Å². The standard InChI is InChI=1S/C18H23IN4O8/c19-11-7-10(8-20-9-11)15(26)21-6-2-1-3-12(16(27)28)22-18(31)23-13(17(29)30)4-5-14(24)25/h7-9,12-13H,1-6H2,(H,21,26)(H,24,25)(H,27,28)(H,29,30)(H2,22,23,31)/t12-,13-/m0/s1. The number of carboxylic acids is 3. The summed E-state index contributed by atoms with van der Waals surface area (Å²) in [6, 6.07) is -2.09. The number of carbonyl (C=O) groups is 5. The van der Waals surface area contributed by atoms with Crippen LogP contribution in [0.15, 0.2) is 18.5 Å². The van der Waals surface area contributed by atoms with Gasteiger partial charge in [-0.25, -0.2) is 14.4 Å². The lowest BCUT2D eigenvalue weighted by atomic mass is 10.1. The van der Waals surface area contributed by atoms with Gasteiger partial charge in [-0.15, -0.1) is 0 Å². The van der Waals surface area contributed by atoms with Gasteiger partial charge in [0.2, 0.25) is 0 Å². The van der Waals surface area contributed by atoms with E-state index in [1.165, 1.54) is 6.20 Å². The third-order valence-corrected chi connectivity index (χ3v) is 4.62. The van der Waals surface area contributed by atoms with Crippen LogP contribution < -0.4 is 16.0 Å². The molecule has 170 valence electrons. The van der Waals surface area contributed by atoms with E-state index in [9.17, 15) is 29.1 Å². The number of nitrogens with one attached hydrogen (secondary N) is 3. The minimum absolute atomic E-state index is 0.0519. The molecule has 2 atom stereocenters. The molecule has 0 aromatic carbocycles. The molecular formula is C18H23IN4O8. The van der Waals surface area contributed by atoms with Crippen molar-refractivity contribution in [2.24, 2.45) is 0 Å². The lowest BCUT2D eigenvalue weighted by molar-refractivity contribution is -0.140. The van der Waals surface area contributed by atoms with Crippen molar-refractivity contribution in [3.05, 3.63) is 27.6 Å². The van der Waals surface area contributed by atoms with Crippen LogP contribution in [0.2, 0.25) is 0 Å². The van der Waals surface area contributed by atoms with Gasteiger partial charge in [0.05, 0.1) is 5.56 Å². The van der Waals surface area contributed by atoms with Gasteiger partial charge in [0.1, 0.15) is 12.1 Å². The first-order valence-corrected chi connectivity index (χ1v) is 10.3. The van der Waals surface area contributed by atoms with E-state index in [-0.39, 0.29) is 18.7 Å². The molecule has 0 aliphatic heterocycles. The molecule has 0 unspecified atom stereocenters. The third kappa shape index (κ3) is 10.6. The van der Waals surface area contributed by atoms with Crippen LogP contribution in [0.25, 0.3) is 0 Å². The van der Waals surface area contributed by atoms with Crippen molar-refractivity contribution in [1.82, 2.24) is 20.9 Å². The summed E-state index contributed by atoms with van der Waals surface area (Å²) in [5.74, 6) is -4.26. The number of urea groups is 1. The van der Waals surface area contributed by atoms with Crippen LogP contribution >= 0.6 is 22.6 Å². The van der Waals surface area contributed by atoms with Gasteiger partial charge >= 0.3 is 23.9 Å². The molecule has 1 aromatic rings. The van der Waals surface area contributed by atoms with Crippen LogP contribution in [-0.4, -0.2) is 68.8 Å². The molecule has 0 radical (unpaired) electrons. The average Bonchev–Trinajstić information content (AvgIpc) is 2.69. The lowest BCUT2D eigenvalue weighted by Gasteiger charge is -2.18. The molecule has 13 heteroatoms. The fraction of sp³-hybridized carbons (Fsp3) is 0.444. The molecule has 0 aliphatic carbocycles. The first-order chi connectivity index (χ1) is 14.6. The quantitative estimate of drug-likeness (QED) is 0.151. The number of unbranched alkanes of at least 4 members (excludes halogenated alkanes) is 1. The van der Waals surface area contributed by atoms with Gasteiger partial charge in [0.25, 0.3) is 5.91 Å². The summed E-state index contributed by atoms with van der Waals surface area (Å²) in [5, 5.41) is 33.8. The largest absolute Gasteiger partial charge is 0.481 e. The summed E-state index contributed by atoms with van der Waals surface area (Å²) in [6.45, 7) is 0.291. The number of aromatic nitrogens is 1. The first-order valence-electron chi connectivity index (χ1n) is 9.23. The Balaban J connectivity index is 2.42. The van der Waals surface area contributed by atoms with Crippen molar-refractivity contribution in [2.75, 3.05) is 6.54 Å². The molecule has 1 heterocycles. The maximum absolute atomic E-state index is 12.0. The second kappa shape index (κ2) is 13.4. The highest BCUT2D eigenvalue weighted by Gasteiger charge is 2.24. The van der Waals surface area contributed by atoms with Crippen molar-refractivity contribution in [1.29, 1.82) is 0 Å². The molecule has 0 bridgehead atoms. The Morgan fingerprint density at radius 3 is 2.10 bits per heavy atom. The Kier molecular flexibility index (Phi) is 11.2. The molecule has 1 rings (SSSR count). The van der Waals surface area contributed by atoms with E-state index in [0.29, 0.717) is 24.9 Å². The van der Waals surface area contributed by atoms with Crippen LogP contribution in [0, 0.1) is 3.57 Å². The zero-order valence-electron chi connectivity index (χ0n) is 16.3. The first kappa shape index (κ1) is 26.1. The van der Waals surface area contributed by atoms with Crippen LogP contribution in [0.3, 0.4) is 0 Å². The maximum atomic E-state index is 12.0. The summed E-state index contributed by atoms with van der Waals surface area (Å²) in [7, 11) is 0. The van der Waals surface area contributed by atoms with E-state index in [1.54, 1.807) is 12.3 Å². The zero-order chi connectivity index (χ0) is 23.4. The van der Waals surface area contributed by atoms with Crippen molar-refractivity contribution in [3.8, 4) is 0 Å². The molecule has 0 fully saturated rings. The van der Waals surface area contributed by atoms with Gasteiger partial charge in [-0.3, -0.25) is 14.6 Å². The Bertz CT molecular complexity index is 820. The van der Waals surface area contributed by atoms with Gasteiger partial charge < -0.3 is 31.3 Å². The predicted molar refractivity (Wildman–Crippen MR) is 115 cm³/mol. The fourth-order valence-electron chi connectivity index (χ4n) is 2.45. The highest BCUT2D eigenvalue weighted by Crippen LogP contribution is 2.06. The highest BCUT2D eigenvalue weighted by atomic mass is 127. The number of carboxylic acid groups (broad SMARTS) is 3. The number of aliphatic carboxylic acids is 3. The normalized spacial score (nSPS) is 12.3. The van der Waals surface area contributed by atoms with Gasteiger partial charge in [-0.1, -0.05) is 0 Å². The summed E-state index contributed by atoms with van der Waals surface area (Å²) >= 11 is 2.03. The topological polar surface area (TPSA) is 195 Å². The highest BCUT2D eigenvalue weighted by molar-refractivity contribution is 14.1. The predicted octanol–water partition coefficient (Wildman–Crippen LogP) is 0.657. The number of carbonyl (C=O) groups excluding carboxylic acids is 2. The second-order valence-electron chi connectivity index (χ2n) is 6.48.